The van der Waals surface area contributed by atoms with Crippen molar-refractivity contribution >= 4 is 11.3 Å². The van der Waals surface area contributed by atoms with E-state index in [1.807, 2.05) is 55.6 Å². The average Bonchev–Trinajstić information content (AvgIpc) is 3.18. The molecule has 0 radical (unpaired) electrons. The Morgan fingerprint density at radius 2 is 2.05 bits per heavy atom. The van der Waals surface area contributed by atoms with Crippen molar-refractivity contribution in [3.8, 4) is 10.8 Å². The molecular weight excluding hydrogens is 296 g/mol. The number of hydrogen-bond acceptors (Lipinski definition) is 5. The summed E-state index contributed by atoms with van der Waals surface area (Å²) in [6.45, 7) is 2.65. The van der Waals surface area contributed by atoms with E-state index in [0.29, 0.717) is 6.54 Å². The third-order valence-electron chi connectivity index (χ3n) is 3.41. The maximum atomic E-state index is 9.55. The summed E-state index contributed by atoms with van der Waals surface area (Å²) in [5.41, 5.74) is 1.08. The molecule has 0 fully saturated rings. The molecule has 2 aromatic heterocycles. The second-order valence-electron chi connectivity index (χ2n) is 5.07. The van der Waals surface area contributed by atoms with Crippen molar-refractivity contribution in [2.45, 2.75) is 19.5 Å². The summed E-state index contributed by atoms with van der Waals surface area (Å²) in [6.07, 6.45) is 1.85. The lowest BCUT2D eigenvalue weighted by atomic mass is 10.1. The predicted octanol–water partition coefficient (Wildman–Crippen LogP) is 3.53. The molecule has 0 bridgehead atoms. The molecule has 5 heteroatoms. The van der Waals surface area contributed by atoms with Crippen LogP contribution in [0.2, 0.25) is 0 Å². The minimum absolute atomic E-state index is 0.0626. The van der Waals surface area contributed by atoms with Gasteiger partial charge in [0, 0.05) is 17.6 Å². The Balaban J connectivity index is 1.65. The van der Waals surface area contributed by atoms with Crippen LogP contribution in [0.3, 0.4) is 0 Å². The number of aryl methyl sites for hydroxylation is 1. The van der Waals surface area contributed by atoms with Gasteiger partial charge in [-0.1, -0.05) is 30.3 Å². The van der Waals surface area contributed by atoms with Gasteiger partial charge in [-0.15, -0.1) is 11.3 Å². The van der Waals surface area contributed by atoms with Crippen molar-refractivity contribution in [2.24, 2.45) is 0 Å². The van der Waals surface area contributed by atoms with E-state index in [1.165, 1.54) is 0 Å². The van der Waals surface area contributed by atoms with E-state index in [1.54, 1.807) is 11.3 Å². The van der Waals surface area contributed by atoms with Gasteiger partial charge in [0.15, 0.2) is 10.8 Å². The van der Waals surface area contributed by atoms with Crippen LogP contribution in [0, 0.1) is 6.92 Å². The molecule has 0 spiro atoms. The lowest BCUT2D eigenvalue weighted by Gasteiger charge is -2.15. The molecule has 3 aromatic rings. The van der Waals surface area contributed by atoms with Crippen molar-refractivity contribution in [3.05, 3.63) is 64.9 Å². The number of furan rings is 1. The van der Waals surface area contributed by atoms with Gasteiger partial charge in [0.25, 0.3) is 0 Å². The number of aliphatic hydroxyl groups excluding tert-OH is 1. The van der Waals surface area contributed by atoms with E-state index in [0.717, 1.165) is 27.0 Å². The number of benzene rings is 1. The van der Waals surface area contributed by atoms with Gasteiger partial charge in [-0.05, 0) is 24.6 Å². The number of rotatable bonds is 6. The zero-order valence-electron chi connectivity index (χ0n) is 12.3. The van der Waals surface area contributed by atoms with Crippen LogP contribution >= 0.6 is 11.3 Å². The maximum Gasteiger partial charge on any atom is 0.162 e. The third-order valence-corrected chi connectivity index (χ3v) is 4.42. The highest BCUT2D eigenvalue weighted by atomic mass is 32.1. The molecule has 2 heterocycles. The fourth-order valence-corrected chi connectivity index (χ4v) is 3.07. The lowest BCUT2D eigenvalue weighted by Crippen LogP contribution is -2.23. The largest absolute Gasteiger partial charge is 0.459 e. The first-order chi connectivity index (χ1) is 10.8. The molecule has 0 unspecified atom stereocenters. The number of aliphatic hydroxyl groups is 1. The van der Waals surface area contributed by atoms with Gasteiger partial charge in [-0.2, -0.15) is 0 Å². The maximum absolute atomic E-state index is 9.55. The molecule has 4 nitrogen and oxygen atoms in total. The monoisotopic (exact) mass is 314 g/mol. The van der Waals surface area contributed by atoms with Crippen molar-refractivity contribution in [1.29, 1.82) is 0 Å². The minimum Gasteiger partial charge on any atom is -0.459 e. The fraction of sp³-hybridized carbons (Fsp3) is 0.235. The highest BCUT2D eigenvalue weighted by Crippen LogP contribution is 2.27. The highest BCUT2D eigenvalue weighted by Gasteiger charge is 2.12. The molecule has 3 rings (SSSR count). The van der Waals surface area contributed by atoms with E-state index in [9.17, 15) is 5.11 Å². The minimum atomic E-state index is -0.0717. The molecule has 1 atom stereocenters. The first-order valence-electron chi connectivity index (χ1n) is 7.17. The van der Waals surface area contributed by atoms with E-state index < -0.39 is 0 Å². The van der Waals surface area contributed by atoms with Crippen LogP contribution in [0.5, 0.6) is 0 Å². The third kappa shape index (κ3) is 3.44. The number of thiazole rings is 1. The Kier molecular flexibility index (Phi) is 4.68. The number of nitrogens with zero attached hydrogens (tertiary/aromatic N) is 1. The first kappa shape index (κ1) is 15.0. The van der Waals surface area contributed by atoms with Crippen LogP contribution in [-0.4, -0.2) is 16.7 Å². The van der Waals surface area contributed by atoms with E-state index in [-0.39, 0.29) is 12.6 Å². The molecule has 0 aliphatic carbocycles. The summed E-state index contributed by atoms with van der Waals surface area (Å²) in [4.78, 5) is 5.51. The van der Waals surface area contributed by atoms with Crippen LogP contribution in [0.15, 0.2) is 53.1 Å². The van der Waals surface area contributed by atoms with E-state index in [2.05, 4.69) is 10.3 Å². The molecule has 0 aliphatic heterocycles. The Morgan fingerprint density at radius 1 is 1.23 bits per heavy atom. The summed E-state index contributed by atoms with van der Waals surface area (Å²) < 4.78 is 5.59. The van der Waals surface area contributed by atoms with Gasteiger partial charge in [0.05, 0.1) is 12.6 Å². The standard InChI is InChI=1S/C17H18N2O2S/c1-12-7-8-16(21-12)17-19-10-14(22-17)9-18-15(11-20)13-5-3-2-4-6-13/h2-8,10,15,18,20H,9,11H2,1H3/t15-/m1/s1. The zero-order chi connectivity index (χ0) is 15.4. The van der Waals surface area contributed by atoms with Gasteiger partial charge in [0.1, 0.15) is 5.76 Å². The first-order valence-corrected chi connectivity index (χ1v) is 7.98. The smallest absolute Gasteiger partial charge is 0.162 e. The van der Waals surface area contributed by atoms with Crippen LogP contribution in [0.1, 0.15) is 22.2 Å². The molecule has 114 valence electrons. The van der Waals surface area contributed by atoms with Gasteiger partial charge in [-0.25, -0.2) is 4.98 Å². The van der Waals surface area contributed by atoms with Crippen LogP contribution in [0.25, 0.3) is 10.8 Å². The second-order valence-corrected chi connectivity index (χ2v) is 6.18. The van der Waals surface area contributed by atoms with Gasteiger partial charge >= 0.3 is 0 Å². The number of nitrogens with one attached hydrogen (secondary N) is 1. The Morgan fingerprint density at radius 3 is 2.73 bits per heavy atom. The SMILES string of the molecule is Cc1ccc(-c2ncc(CN[C@H](CO)c3ccccc3)s2)o1. The fourth-order valence-electron chi connectivity index (χ4n) is 2.25. The summed E-state index contributed by atoms with van der Waals surface area (Å²) in [5, 5.41) is 13.8. The van der Waals surface area contributed by atoms with Gasteiger partial charge in [-0.3, -0.25) is 0 Å². The van der Waals surface area contributed by atoms with Crippen molar-refractivity contribution in [2.75, 3.05) is 6.61 Å². The molecule has 2 N–H and O–H groups in total. The van der Waals surface area contributed by atoms with Crippen LogP contribution < -0.4 is 5.32 Å². The van der Waals surface area contributed by atoms with Gasteiger partial charge in [0.2, 0.25) is 0 Å². The highest BCUT2D eigenvalue weighted by molar-refractivity contribution is 7.14. The Hall–Kier alpha value is -1.95. The molecular formula is C17H18N2O2S. The normalized spacial score (nSPS) is 12.5. The summed E-state index contributed by atoms with van der Waals surface area (Å²) in [7, 11) is 0. The summed E-state index contributed by atoms with van der Waals surface area (Å²) in [5.74, 6) is 1.69. The summed E-state index contributed by atoms with van der Waals surface area (Å²) >= 11 is 1.60. The molecule has 0 aliphatic rings. The molecule has 22 heavy (non-hydrogen) atoms. The quantitative estimate of drug-likeness (QED) is 0.731. The molecule has 0 saturated carbocycles. The van der Waals surface area contributed by atoms with Crippen LogP contribution in [0.4, 0.5) is 0 Å². The molecule has 0 amide bonds. The molecule has 1 aromatic carbocycles. The van der Waals surface area contributed by atoms with Gasteiger partial charge < -0.3 is 14.8 Å². The average molecular weight is 314 g/mol. The number of hydrogen-bond donors (Lipinski definition) is 2. The van der Waals surface area contributed by atoms with Crippen LogP contribution in [-0.2, 0) is 6.54 Å². The van der Waals surface area contributed by atoms with Crippen molar-refractivity contribution in [1.82, 2.24) is 10.3 Å². The summed E-state index contributed by atoms with van der Waals surface area (Å²) in [6, 6.07) is 13.7. The topological polar surface area (TPSA) is 58.3 Å². The Labute approximate surface area is 133 Å². The molecule has 0 saturated heterocycles. The Bertz CT molecular complexity index is 721. The number of aromatic nitrogens is 1. The van der Waals surface area contributed by atoms with Crippen molar-refractivity contribution in [3.63, 3.8) is 0 Å². The van der Waals surface area contributed by atoms with E-state index in [4.69, 9.17) is 4.42 Å². The lowest BCUT2D eigenvalue weighted by molar-refractivity contribution is 0.244. The van der Waals surface area contributed by atoms with Crippen molar-refractivity contribution < 1.29 is 9.52 Å². The zero-order valence-corrected chi connectivity index (χ0v) is 13.1. The van der Waals surface area contributed by atoms with E-state index >= 15 is 0 Å². The predicted molar refractivity (Wildman–Crippen MR) is 87.7 cm³/mol. The second kappa shape index (κ2) is 6.87.